The molecule has 0 aliphatic rings. The van der Waals surface area contributed by atoms with E-state index < -0.39 is 18.0 Å². The maximum atomic E-state index is 10.6. The normalized spacial score (nSPS) is 11.2. The molecule has 0 aromatic rings. The summed E-state index contributed by atoms with van der Waals surface area (Å²) >= 11 is 3.74. The fraction of sp³-hybridized carbons (Fsp3) is 0.600. The predicted octanol–water partition coefficient (Wildman–Crippen LogP) is -0.669. The van der Waals surface area contributed by atoms with Crippen LogP contribution in [0.1, 0.15) is 6.92 Å². The van der Waals surface area contributed by atoms with Gasteiger partial charge in [0.25, 0.3) is 0 Å². The maximum absolute atomic E-state index is 10.6. The van der Waals surface area contributed by atoms with Gasteiger partial charge < -0.3 is 10.5 Å². The van der Waals surface area contributed by atoms with Crippen molar-refractivity contribution >= 4 is 24.6 Å². The molecule has 0 aromatic heterocycles. The molecule has 0 unspecified atom stereocenters. The Labute approximate surface area is 85.8 Å². The topological polar surface area (TPSA) is 69.4 Å². The molecule has 0 aliphatic carbocycles. The smallest absolute Gasteiger partial charge is 0.331 e. The van der Waals surface area contributed by atoms with Gasteiger partial charge in [-0.05, 0) is 0 Å². The van der Waals surface area contributed by atoms with Crippen molar-refractivity contribution in [1.82, 2.24) is 0 Å². The van der Waals surface area contributed by atoms with Gasteiger partial charge in [0.15, 0.2) is 0 Å². The predicted molar refractivity (Wildman–Crippen MR) is 38.6 cm³/mol. The molecule has 0 bridgehead atoms. The number of thiol groups is 1. The number of hydrogen-bond acceptors (Lipinski definition) is 5. The fourth-order valence-electron chi connectivity index (χ4n) is 0.292. The average molecular weight is 360 g/mol. The Balaban J connectivity index is 0. The number of carbonyl (C=O) groups is 2. The van der Waals surface area contributed by atoms with Crippen LogP contribution in [0.25, 0.3) is 0 Å². The Bertz CT molecular complexity index is 153. The van der Waals surface area contributed by atoms with Crippen molar-refractivity contribution < 1.29 is 36.7 Å². The number of carbonyl (C=O) groups excluding carboxylic acids is 2. The molecule has 0 amide bonds. The van der Waals surface area contributed by atoms with Crippen LogP contribution < -0.4 is 5.73 Å². The first-order valence-corrected chi connectivity index (χ1v) is 3.30. The Hall–Kier alpha value is 0.190. The van der Waals surface area contributed by atoms with Crippen LogP contribution in [-0.2, 0) is 36.7 Å². The third-order valence-electron chi connectivity index (χ3n) is 0.744. The molecule has 0 saturated heterocycles. The van der Waals surface area contributed by atoms with Crippen LogP contribution in [0.5, 0.6) is 0 Å². The molecular weight excluding hydrogens is 351 g/mol. The number of rotatable bonds is 2. The van der Waals surface area contributed by atoms with Gasteiger partial charge in [0.2, 0.25) is 0 Å². The molecule has 0 fully saturated rings. The monoisotopic (exact) mass is 360 g/mol. The summed E-state index contributed by atoms with van der Waals surface area (Å²) in [5.74, 6) is -1.21. The van der Waals surface area contributed by atoms with E-state index in [-0.39, 0.29) is 28.1 Å². The summed E-state index contributed by atoms with van der Waals surface area (Å²) in [6.45, 7) is 1.14. The minimum atomic E-state index is -0.813. The summed E-state index contributed by atoms with van der Waals surface area (Å²) in [5.41, 5.74) is 5.16. The second-order valence-electron chi connectivity index (χ2n) is 1.70. The minimum absolute atomic E-state index is 0. The van der Waals surface area contributed by atoms with Crippen molar-refractivity contribution in [2.75, 3.05) is 5.75 Å². The van der Waals surface area contributed by atoms with E-state index in [1.54, 1.807) is 0 Å². The molecule has 4 nitrogen and oxygen atoms in total. The van der Waals surface area contributed by atoms with Crippen molar-refractivity contribution in [2.24, 2.45) is 5.73 Å². The maximum Gasteiger partial charge on any atom is 0.331 e. The van der Waals surface area contributed by atoms with Gasteiger partial charge in [0, 0.05) is 35.1 Å². The van der Waals surface area contributed by atoms with Crippen LogP contribution in [-0.4, -0.2) is 23.7 Å². The Morgan fingerprint density at radius 1 is 1.64 bits per heavy atom. The molecule has 1 atom stereocenters. The summed E-state index contributed by atoms with van der Waals surface area (Å²) in [7, 11) is 0. The van der Waals surface area contributed by atoms with E-state index in [4.69, 9.17) is 5.73 Å². The second-order valence-corrected chi connectivity index (χ2v) is 2.07. The average Bonchev–Trinajstić information content (AvgIpc) is 1.85. The molecule has 0 aromatic carbocycles. The van der Waals surface area contributed by atoms with Gasteiger partial charge in [-0.15, -0.1) is 0 Å². The first-order chi connectivity index (χ1) is 4.57. The zero-order valence-electron chi connectivity index (χ0n) is 5.84. The Kier molecular flexibility index (Phi) is 8.60. The zero-order valence-corrected chi connectivity index (χ0v) is 8.90. The third kappa shape index (κ3) is 6.58. The van der Waals surface area contributed by atoms with Crippen LogP contribution >= 0.6 is 12.6 Å². The summed E-state index contributed by atoms with van der Waals surface area (Å²) < 4.78 is 4.15. The molecular formula is C5H9AuNO3S. The van der Waals surface area contributed by atoms with Crippen LogP contribution in [0.3, 0.4) is 0 Å². The van der Waals surface area contributed by atoms with Gasteiger partial charge in [0.05, 0.1) is 0 Å². The van der Waals surface area contributed by atoms with Crippen molar-refractivity contribution in [3.63, 3.8) is 0 Å². The molecule has 0 saturated carbocycles. The van der Waals surface area contributed by atoms with Gasteiger partial charge in [-0.2, -0.15) is 12.6 Å². The standard InChI is InChI=1S/C5H9NO3S.Au/c1-3(7)9-5(8)4(6)2-10;/h4,10H,2,6H2,1H3;/t4-;/m0./s1. The van der Waals surface area contributed by atoms with E-state index in [2.05, 4.69) is 17.4 Å². The zero-order chi connectivity index (χ0) is 8.15. The summed E-state index contributed by atoms with van der Waals surface area (Å²) in [6, 6.07) is -0.813. The number of esters is 2. The first-order valence-electron chi connectivity index (χ1n) is 2.66. The number of hydrogen-bond donors (Lipinski definition) is 2. The van der Waals surface area contributed by atoms with Crippen molar-refractivity contribution in [3.8, 4) is 0 Å². The Morgan fingerprint density at radius 3 is 2.36 bits per heavy atom. The minimum Gasteiger partial charge on any atom is -0.392 e. The molecule has 0 spiro atoms. The van der Waals surface area contributed by atoms with Gasteiger partial charge in [-0.25, -0.2) is 4.79 Å². The van der Waals surface area contributed by atoms with Crippen LogP contribution in [0.4, 0.5) is 0 Å². The van der Waals surface area contributed by atoms with Crippen molar-refractivity contribution in [3.05, 3.63) is 0 Å². The van der Waals surface area contributed by atoms with Crippen molar-refractivity contribution in [1.29, 1.82) is 0 Å². The SMILES string of the molecule is CC(=O)OC(=O)[C@@H](N)CS.[Au]. The van der Waals surface area contributed by atoms with E-state index in [0.717, 1.165) is 6.92 Å². The first kappa shape index (κ1) is 13.8. The molecule has 0 aliphatic heterocycles. The van der Waals surface area contributed by atoms with E-state index >= 15 is 0 Å². The van der Waals surface area contributed by atoms with E-state index in [1.165, 1.54) is 0 Å². The van der Waals surface area contributed by atoms with E-state index in [9.17, 15) is 9.59 Å². The van der Waals surface area contributed by atoms with Gasteiger partial charge in [0.1, 0.15) is 6.04 Å². The molecule has 6 heteroatoms. The molecule has 0 rings (SSSR count). The summed E-state index contributed by atoms with van der Waals surface area (Å²) in [5, 5.41) is 0. The van der Waals surface area contributed by atoms with Gasteiger partial charge in [-0.1, -0.05) is 0 Å². The Morgan fingerprint density at radius 2 is 2.09 bits per heavy atom. The molecule has 0 heterocycles. The second kappa shape index (κ2) is 6.87. The molecule has 11 heavy (non-hydrogen) atoms. The molecule has 1 radical (unpaired) electrons. The molecule has 2 N–H and O–H groups in total. The number of nitrogens with two attached hydrogens (primary N) is 1. The van der Waals surface area contributed by atoms with Crippen LogP contribution in [0.2, 0.25) is 0 Å². The largest absolute Gasteiger partial charge is 0.392 e. The van der Waals surface area contributed by atoms with Crippen LogP contribution in [0, 0.1) is 0 Å². The van der Waals surface area contributed by atoms with Gasteiger partial charge >= 0.3 is 11.9 Å². The van der Waals surface area contributed by atoms with Crippen LogP contribution in [0.15, 0.2) is 0 Å². The van der Waals surface area contributed by atoms with Gasteiger partial charge in [-0.3, -0.25) is 4.79 Å². The van der Waals surface area contributed by atoms with E-state index in [0.29, 0.717) is 0 Å². The van der Waals surface area contributed by atoms with Crippen molar-refractivity contribution in [2.45, 2.75) is 13.0 Å². The molecule has 69 valence electrons. The quantitative estimate of drug-likeness (QED) is 0.297. The summed E-state index contributed by atoms with van der Waals surface area (Å²) in [6.07, 6.45) is 0. The van der Waals surface area contributed by atoms with E-state index in [1.807, 2.05) is 0 Å². The number of ether oxygens (including phenoxy) is 1. The fourth-order valence-corrected chi connectivity index (χ4v) is 0.441. The third-order valence-corrected chi connectivity index (χ3v) is 1.14. The summed E-state index contributed by atoms with van der Waals surface area (Å²) in [4.78, 5) is 20.7.